The minimum atomic E-state index is -0.467. The van der Waals surface area contributed by atoms with Crippen LogP contribution in [0.15, 0.2) is 10.9 Å². The van der Waals surface area contributed by atoms with Crippen LogP contribution < -0.4 is 5.56 Å². The molecule has 1 aromatic rings. The Bertz CT molecular complexity index is 519. The molecule has 0 unspecified atom stereocenters. The van der Waals surface area contributed by atoms with Gasteiger partial charge >= 0.3 is 0 Å². The Morgan fingerprint density at radius 2 is 2.11 bits per heavy atom. The first-order valence-corrected chi connectivity index (χ1v) is 6.94. The SMILES string of the molecule is CCCn1c2c(cc(CC(=O)Cl)c1=O)CCCC2. The number of pyridine rings is 1. The average Bonchev–Trinajstić information content (AvgIpc) is 2.34. The van der Waals surface area contributed by atoms with E-state index in [0.717, 1.165) is 38.6 Å². The number of rotatable bonds is 4. The number of hydrogen-bond acceptors (Lipinski definition) is 2. The maximum absolute atomic E-state index is 12.3. The van der Waals surface area contributed by atoms with Crippen LogP contribution in [0.25, 0.3) is 0 Å². The number of carbonyl (C=O) groups is 1. The Hall–Kier alpha value is -1.09. The zero-order chi connectivity index (χ0) is 13.1. The van der Waals surface area contributed by atoms with Crippen molar-refractivity contribution in [3.63, 3.8) is 0 Å². The summed E-state index contributed by atoms with van der Waals surface area (Å²) in [5, 5.41) is -0.467. The maximum atomic E-state index is 12.3. The number of aryl methyl sites for hydroxylation is 1. The molecule has 0 saturated heterocycles. The summed E-state index contributed by atoms with van der Waals surface area (Å²) in [5.41, 5.74) is 2.90. The number of fused-ring (bicyclic) bond motifs is 1. The zero-order valence-corrected chi connectivity index (χ0v) is 11.4. The lowest BCUT2D eigenvalue weighted by Crippen LogP contribution is -2.30. The van der Waals surface area contributed by atoms with E-state index in [1.807, 2.05) is 10.6 Å². The molecule has 0 spiro atoms. The van der Waals surface area contributed by atoms with Gasteiger partial charge in [-0.05, 0) is 55.3 Å². The molecule has 0 radical (unpaired) electrons. The van der Waals surface area contributed by atoms with Crippen LogP contribution in [0.4, 0.5) is 0 Å². The molecule has 0 aliphatic heterocycles. The molecular weight excluding hydrogens is 250 g/mol. The molecule has 0 N–H and O–H groups in total. The van der Waals surface area contributed by atoms with Gasteiger partial charge in [0.15, 0.2) is 0 Å². The van der Waals surface area contributed by atoms with Crippen molar-refractivity contribution >= 4 is 16.8 Å². The second-order valence-corrected chi connectivity index (χ2v) is 5.26. The lowest BCUT2D eigenvalue weighted by atomic mass is 9.94. The van der Waals surface area contributed by atoms with Crippen LogP contribution in [-0.4, -0.2) is 9.81 Å². The van der Waals surface area contributed by atoms with Crippen LogP contribution in [-0.2, 0) is 30.6 Å². The molecule has 1 aliphatic carbocycles. The second-order valence-electron chi connectivity index (χ2n) is 4.84. The van der Waals surface area contributed by atoms with Gasteiger partial charge in [0, 0.05) is 17.8 Å². The molecule has 0 bridgehead atoms. The molecule has 0 saturated carbocycles. The minimum Gasteiger partial charge on any atom is -0.312 e. The Kier molecular flexibility index (Phi) is 4.23. The summed E-state index contributed by atoms with van der Waals surface area (Å²) in [6.45, 7) is 2.78. The quantitative estimate of drug-likeness (QED) is 0.786. The fourth-order valence-electron chi connectivity index (χ4n) is 2.68. The summed E-state index contributed by atoms with van der Waals surface area (Å²) >= 11 is 5.41. The number of aromatic nitrogens is 1. The van der Waals surface area contributed by atoms with Gasteiger partial charge in [0.2, 0.25) is 5.24 Å². The first-order chi connectivity index (χ1) is 8.63. The van der Waals surface area contributed by atoms with E-state index in [4.69, 9.17) is 11.6 Å². The van der Waals surface area contributed by atoms with Gasteiger partial charge in [-0.3, -0.25) is 9.59 Å². The van der Waals surface area contributed by atoms with Gasteiger partial charge in [-0.15, -0.1) is 0 Å². The van der Waals surface area contributed by atoms with Crippen molar-refractivity contribution < 1.29 is 4.79 Å². The van der Waals surface area contributed by atoms with Gasteiger partial charge in [-0.25, -0.2) is 0 Å². The van der Waals surface area contributed by atoms with Crippen LogP contribution in [0, 0.1) is 0 Å². The van der Waals surface area contributed by atoms with E-state index in [0.29, 0.717) is 5.56 Å². The molecule has 3 nitrogen and oxygen atoms in total. The molecule has 1 heterocycles. The fourth-order valence-corrected chi connectivity index (χ4v) is 2.82. The highest BCUT2D eigenvalue weighted by Crippen LogP contribution is 2.21. The maximum Gasteiger partial charge on any atom is 0.254 e. The smallest absolute Gasteiger partial charge is 0.254 e. The Balaban J connectivity index is 2.53. The van der Waals surface area contributed by atoms with Crippen molar-refractivity contribution in [1.29, 1.82) is 0 Å². The van der Waals surface area contributed by atoms with Crippen LogP contribution in [0.3, 0.4) is 0 Å². The van der Waals surface area contributed by atoms with Crippen molar-refractivity contribution in [2.24, 2.45) is 0 Å². The third kappa shape index (κ3) is 2.66. The molecule has 2 rings (SSSR count). The highest BCUT2D eigenvalue weighted by Gasteiger charge is 2.18. The van der Waals surface area contributed by atoms with E-state index < -0.39 is 5.24 Å². The Morgan fingerprint density at radius 3 is 2.78 bits per heavy atom. The van der Waals surface area contributed by atoms with Crippen molar-refractivity contribution in [1.82, 2.24) is 4.57 Å². The van der Waals surface area contributed by atoms with Crippen molar-refractivity contribution in [3.8, 4) is 0 Å². The first-order valence-electron chi connectivity index (χ1n) is 6.56. The van der Waals surface area contributed by atoms with E-state index in [9.17, 15) is 9.59 Å². The summed E-state index contributed by atoms with van der Waals surface area (Å²) < 4.78 is 1.85. The molecule has 0 aromatic carbocycles. The summed E-state index contributed by atoms with van der Waals surface area (Å²) in [6, 6.07) is 1.89. The van der Waals surface area contributed by atoms with Crippen molar-refractivity contribution in [2.45, 2.75) is 52.0 Å². The van der Waals surface area contributed by atoms with Crippen LogP contribution >= 0.6 is 11.6 Å². The number of nitrogens with zero attached hydrogens (tertiary/aromatic N) is 1. The minimum absolute atomic E-state index is 0.0356. The van der Waals surface area contributed by atoms with Crippen LogP contribution in [0.5, 0.6) is 0 Å². The average molecular weight is 268 g/mol. The molecule has 1 aromatic heterocycles. The van der Waals surface area contributed by atoms with Gasteiger partial charge in [0.05, 0.1) is 6.42 Å². The van der Waals surface area contributed by atoms with Crippen LogP contribution in [0.2, 0.25) is 0 Å². The lowest BCUT2D eigenvalue weighted by molar-refractivity contribution is -0.111. The van der Waals surface area contributed by atoms with E-state index in [-0.39, 0.29) is 12.0 Å². The summed E-state index contributed by atoms with van der Waals surface area (Å²) in [6.07, 6.45) is 5.24. The molecule has 0 amide bonds. The van der Waals surface area contributed by atoms with Crippen LogP contribution in [0.1, 0.15) is 43.0 Å². The predicted octanol–water partition coefficient (Wildman–Crippen LogP) is 2.45. The largest absolute Gasteiger partial charge is 0.312 e. The first kappa shape index (κ1) is 13.3. The molecular formula is C14H18ClNO2. The third-order valence-electron chi connectivity index (χ3n) is 3.45. The fraction of sp³-hybridized carbons (Fsp3) is 0.571. The Morgan fingerprint density at radius 1 is 1.39 bits per heavy atom. The predicted molar refractivity (Wildman–Crippen MR) is 72.2 cm³/mol. The standard InChI is InChI=1S/C14H18ClNO2/c1-2-7-16-12-6-4-3-5-10(12)8-11(14(16)18)9-13(15)17/h8H,2-7,9H2,1H3. The normalized spacial score (nSPS) is 14.3. The zero-order valence-electron chi connectivity index (χ0n) is 10.7. The molecule has 0 fully saturated rings. The number of hydrogen-bond donors (Lipinski definition) is 0. The Labute approximate surface area is 112 Å². The number of carbonyl (C=O) groups excluding carboxylic acids is 1. The van der Waals surface area contributed by atoms with Gasteiger partial charge in [-0.2, -0.15) is 0 Å². The summed E-state index contributed by atoms with van der Waals surface area (Å²) in [5.74, 6) is 0. The topological polar surface area (TPSA) is 39.1 Å². The van der Waals surface area contributed by atoms with E-state index in [2.05, 4.69) is 6.92 Å². The number of halogens is 1. The molecule has 98 valence electrons. The highest BCUT2D eigenvalue weighted by molar-refractivity contribution is 6.63. The lowest BCUT2D eigenvalue weighted by Gasteiger charge is -2.22. The summed E-state index contributed by atoms with van der Waals surface area (Å²) in [7, 11) is 0. The van der Waals surface area contributed by atoms with Gasteiger partial charge in [0.1, 0.15) is 0 Å². The van der Waals surface area contributed by atoms with E-state index in [1.165, 1.54) is 11.3 Å². The monoisotopic (exact) mass is 267 g/mol. The second kappa shape index (κ2) is 5.70. The van der Waals surface area contributed by atoms with Gasteiger partial charge < -0.3 is 4.57 Å². The highest BCUT2D eigenvalue weighted by atomic mass is 35.5. The summed E-state index contributed by atoms with van der Waals surface area (Å²) in [4.78, 5) is 23.3. The van der Waals surface area contributed by atoms with Crippen molar-refractivity contribution in [3.05, 3.63) is 33.2 Å². The van der Waals surface area contributed by atoms with E-state index >= 15 is 0 Å². The molecule has 1 aliphatic rings. The van der Waals surface area contributed by atoms with Gasteiger partial charge in [0.25, 0.3) is 5.56 Å². The van der Waals surface area contributed by atoms with E-state index in [1.54, 1.807) is 0 Å². The molecule has 4 heteroatoms. The molecule has 0 atom stereocenters. The van der Waals surface area contributed by atoms with Gasteiger partial charge in [-0.1, -0.05) is 6.92 Å². The molecule has 18 heavy (non-hydrogen) atoms. The van der Waals surface area contributed by atoms with Crippen molar-refractivity contribution in [2.75, 3.05) is 0 Å². The third-order valence-corrected chi connectivity index (χ3v) is 3.58.